The van der Waals surface area contributed by atoms with Gasteiger partial charge in [-0.1, -0.05) is 49.7 Å². The van der Waals surface area contributed by atoms with E-state index in [-0.39, 0.29) is 29.4 Å². The quantitative estimate of drug-likeness (QED) is 0.469. The average Bonchev–Trinajstić information content (AvgIpc) is 3.42. The van der Waals surface area contributed by atoms with Crippen molar-refractivity contribution in [3.05, 3.63) is 82.6 Å². The lowest BCUT2D eigenvalue weighted by molar-refractivity contribution is -0.117. The average molecular weight is 465 g/mol. The van der Waals surface area contributed by atoms with Gasteiger partial charge >= 0.3 is 0 Å². The van der Waals surface area contributed by atoms with E-state index in [0.717, 1.165) is 16.9 Å². The predicted octanol–water partition coefficient (Wildman–Crippen LogP) is 6.24. The highest BCUT2D eigenvalue weighted by molar-refractivity contribution is 6.30. The Bertz CT molecular complexity index is 1110. The van der Waals surface area contributed by atoms with Crippen molar-refractivity contribution < 1.29 is 4.79 Å². The van der Waals surface area contributed by atoms with Crippen LogP contribution in [0.4, 0.5) is 5.69 Å². The molecule has 1 fully saturated rings. The van der Waals surface area contributed by atoms with Gasteiger partial charge in [0, 0.05) is 28.9 Å². The normalized spacial score (nSPS) is 20.9. The van der Waals surface area contributed by atoms with Crippen molar-refractivity contribution in [1.82, 2.24) is 15.1 Å². The van der Waals surface area contributed by atoms with E-state index in [1.54, 1.807) is 0 Å². The first-order chi connectivity index (χ1) is 15.6. The van der Waals surface area contributed by atoms with E-state index in [4.69, 9.17) is 16.7 Å². The van der Waals surface area contributed by atoms with Crippen LogP contribution in [0, 0.1) is 0 Å². The number of nitrogens with zero attached hydrogens (tertiary/aromatic N) is 2. The summed E-state index contributed by atoms with van der Waals surface area (Å²) in [6.45, 7) is 10.7. The Morgan fingerprint density at radius 3 is 2.52 bits per heavy atom. The first-order valence-corrected chi connectivity index (χ1v) is 12.0. The number of hydrogen-bond donors (Lipinski definition) is 2. The molecule has 0 radical (unpaired) electrons. The molecule has 1 aliphatic rings. The smallest absolute Gasteiger partial charge is 0.241 e. The van der Waals surface area contributed by atoms with Crippen molar-refractivity contribution in [3.63, 3.8) is 0 Å². The number of carbonyl (C=O) groups excluding carboxylic acids is 1. The molecule has 3 atom stereocenters. The van der Waals surface area contributed by atoms with E-state index < -0.39 is 0 Å². The van der Waals surface area contributed by atoms with Crippen LogP contribution in [0.2, 0.25) is 5.02 Å². The van der Waals surface area contributed by atoms with Gasteiger partial charge in [-0.3, -0.25) is 14.8 Å². The lowest BCUT2D eigenvalue weighted by atomic mass is 9.90. The number of benzene rings is 2. The fraction of sp³-hybridized carbons (Fsp3) is 0.407. The summed E-state index contributed by atoms with van der Waals surface area (Å²) in [5, 5.41) is 12.3. The van der Waals surface area contributed by atoms with Crippen LogP contribution in [0.1, 0.15) is 75.7 Å². The van der Waals surface area contributed by atoms with E-state index in [9.17, 15) is 4.79 Å². The van der Waals surface area contributed by atoms with Crippen LogP contribution in [0.15, 0.2) is 60.8 Å². The van der Waals surface area contributed by atoms with Crippen molar-refractivity contribution in [1.29, 1.82) is 0 Å². The van der Waals surface area contributed by atoms with E-state index in [1.165, 1.54) is 5.56 Å². The minimum Gasteiger partial charge on any atom is -0.325 e. The SMILES string of the molecule is CC(C)c1cccc(NC(=O)[C@@H]2C[C@H](c3ccn(C(C)(C)C)n3)[C@H](c3ccc(Cl)cc3)N2)c1. The van der Waals surface area contributed by atoms with Gasteiger partial charge in [-0.2, -0.15) is 5.10 Å². The van der Waals surface area contributed by atoms with Gasteiger partial charge in [-0.05, 0) is 74.6 Å². The number of hydrogen-bond acceptors (Lipinski definition) is 3. The molecule has 0 bridgehead atoms. The third-order valence-corrected chi connectivity index (χ3v) is 6.57. The molecule has 2 N–H and O–H groups in total. The molecule has 0 spiro atoms. The minimum atomic E-state index is -0.321. The molecule has 0 unspecified atom stereocenters. The molecule has 5 nitrogen and oxygen atoms in total. The molecule has 33 heavy (non-hydrogen) atoms. The Balaban J connectivity index is 1.59. The molecule has 4 rings (SSSR count). The molecule has 174 valence electrons. The molecule has 2 aromatic carbocycles. The molecule has 1 amide bonds. The maximum atomic E-state index is 13.2. The number of nitrogens with one attached hydrogen (secondary N) is 2. The molecule has 3 aromatic rings. The van der Waals surface area contributed by atoms with E-state index >= 15 is 0 Å². The topological polar surface area (TPSA) is 59.0 Å². The number of halogens is 1. The van der Waals surface area contributed by atoms with E-state index in [2.05, 4.69) is 63.5 Å². The van der Waals surface area contributed by atoms with Crippen molar-refractivity contribution in [2.75, 3.05) is 5.32 Å². The summed E-state index contributed by atoms with van der Waals surface area (Å²) in [4.78, 5) is 13.2. The first-order valence-electron chi connectivity index (χ1n) is 11.6. The molecule has 0 saturated carbocycles. The summed E-state index contributed by atoms with van der Waals surface area (Å²) >= 11 is 6.13. The number of rotatable bonds is 5. The van der Waals surface area contributed by atoms with Gasteiger partial charge in [0.2, 0.25) is 5.91 Å². The second-order valence-corrected chi connectivity index (χ2v) is 10.7. The van der Waals surface area contributed by atoms with Crippen molar-refractivity contribution in [3.8, 4) is 0 Å². The Kier molecular flexibility index (Phi) is 6.64. The Morgan fingerprint density at radius 1 is 1.15 bits per heavy atom. The molecular formula is C27H33ClN4O. The van der Waals surface area contributed by atoms with Crippen LogP contribution < -0.4 is 10.6 Å². The van der Waals surface area contributed by atoms with Crippen LogP contribution in [0.3, 0.4) is 0 Å². The number of carbonyl (C=O) groups is 1. The first kappa shape index (κ1) is 23.5. The Morgan fingerprint density at radius 2 is 1.88 bits per heavy atom. The summed E-state index contributed by atoms with van der Waals surface area (Å²) in [5.41, 5.74) is 4.03. The zero-order valence-electron chi connectivity index (χ0n) is 20.0. The van der Waals surface area contributed by atoms with Crippen LogP contribution in [0.5, 0.6) is 0 Å². The second-order valence-electron chi connectivity index (χ2n) is 10.2. The highest BCUT2D eigenvalue weighted by Crippen LogP contribution is 2.40. The van der Waals surface area contributed by atoms with Crippen molar-refractivity contribution in [2.45, 2.75) is 70.5 Å². The highest BCUT2D eigenvalue weighted by atomic mass is 35.5. The number of anilines is 1. The van der Waals surface area contributed by atoms with Gasteiger partial charge in [0.05, 0.1) is 17.3 Å². The third kappa shape index (κ3) is 5.31. The maximum Gasteiger partial charge on any atom is 0.241 e. The van der Waals surface area contributed by atoms with Crippen LogP contribution in [0.25, 0.3) is 0 Å². The molecule has 1 saturated heterocycles. The lowest BCUT2D eigenvalue weighted by Crippen LogP contribution is -2.36. The monoisotopic (exact) mass is 464 g/mol. The fourth-order valence-electron chi connectivity index (χ4n) is 4.38. The van der Waals surface area contributed by atoms with Crippen LogP contribution >= 0.6 is 11.6 Å². The molecule has 1 aliphatic heterocycles. The Labute approximate surface area is 201 Å². The van der Waals surface area contributed by atoms with Crippen LogP contribution in [-0.2, 0) is 10.3 Å². The molecule has 1 aromatic heterocycles. The maximum absolute atomic E-state index is 13.2. The van der Waals surface area contributed by atoms with Crippen molar-refractivity contribution in [2.24, 2.45) is 0 Å². The standard InChI is InChI=1S/C27H33ClN4O/c1-17(2)19-7-6-8-21(15-19)29-26(33)24-16-22(23-13-14-32(31-23)27(3,4)5)25(30-24)18-9-11-20(28)12-10-18/h6-15,17,22,24-25,30H,16H2,1-5H3,(H,29,33)/t22-,24+,25+/m1/s1. The van der Waals surface area contributed by atoms with Gasteiger partial charge in [-0.25, -0.2) is 0 Å². The lowest BCUT2D eigenvalue weighted by Gasteiger charge is -2.21. The zero-order chi connectivity index (χ0) is 23.8. The summed E-state index contributed by atoms with van der Waals surface area (Å²) in [7, 11) is 0. The number of amides is 1. The van der Waals surface area contributed by atoms with Gasteiger partial charge in [0.25, 0.3) is 0 Å². The molecule has 0 aliphatic carbocycles. The number of aromatic nitrogens is 2. The second kappa shape index (κ2) is 9.32. The summed E-state index contributed by atoms with van der Waals surface area (Å²) < 4.78 is 1.99. The van der Waals surface area contributed by atoms with Gasteiger partial charge < -0.3 is 5.32 Å². The fourth-order valence-corrected chi connectivity index (χ4v) is 4.50. The van der Waals surface area contributed by atoms with Gasteiger partial charge in [0.15, 0.2) is 0 Å². The minimum absolute atomic E-state index is 0.0207. The Hall–Kier alpha value is -2.63. The summed E-state index contributed by atoms with van der Waals surface area (Å²) in [6, 6.07) is 17.7. The van der Waals surface area contributed by atoms with Gasteiger partial charge in [-0.15, -0.1) is 0 Å². The summed E-state index contributed by atoms with van der Waals surface area (Å²) in [6.07, 6.45) is 2.70. The van der Waals surface area contributed by atoms with Crippen LogP contribution in [-0.4, -0.2) is 21.7 Å². The molecular weight excluding hydrogens is 432 g/mol. The summed E-state index contributed by atoms with van der Waals surface area (Å²) in [5.74, 6) is 0.461. The van der Waals surface area contributed by atoms with Crippen molar-refractivity contribution >= 4 is 23.2 Å². The molecule has 2 heterocycles. The predicted molar refractivity (Wildman–Crippen MR) is 135 cm³/mol. The van der Waals surface area contributed by atoms with E-state index in [1.807, 2.05) is 47.3 Å². The highest BCUT2D eigenvalue weighted by Gasteiger charge is 2.40. The largest absolute Gasteiger partial charge is 0.325 e. The zero-order valence-corrected chi connectivity index (χ0v) is 20.7. The third-order valence-electron chi connectivity index (χ3n) is 6.32. The van der Waals surface area contributed by atoms with Gasteiger partial charge in [0.1, 0.15) is 0 Å². The van der Waals surface area contributed by atoms with E-state index in [0.29, 0.717) is 17.4 Å². The molecule has 6 heteroatoms.